The minimum atomic E-state index is -0.857. The Balaban J connectivity index is 2.12. The first-order chi connectivity index (χ1) is 9.45. The smallest absolute Gasteiger partial charge is 0.325 e. The molecule has 2 atom stereocenters. The van der Waals surface area contributed by atoms with E-state index >= 15 is 0 Å². The first-order valence-electron chi connectivity index (χ1n) is 7.59. The molecule has 1 aliphatic heterocycles. The number of nitrogens with two attached hydrogens (primary N) is 1. The van der Waals surface area contributed by atoms with E-state index in [1.54, 1.807) is 6.92 Å². The predicted octanol–water partition coefficient (Wildman–Crippen LogP) is 1.41. The zero-order valence-corrected chi connectivity index (χ0v) is 13.2. The van der Waals surface area contributed by atoms with Crippen LogP contribution in [0.3, 0.4) is 0 Å². The van der Waals surface area contributed by atoms with Gasteiger partial charge in [0.25, 0.3) is 0 Å². The van der Waals surface area contributed by atoms with Crippen LogP contribution >= 0.6 is 0 Å². The van der Waals surface area contributed by atoms with Crippen molar-refractivity contribution in [3.63, 3.8) is 0 Å². The van der Waals surface area contributed by atoms with Crippen molar-refractivity contribution < 1.29 is 14.3 Å². The molecule has 1 heterocycles. The lowest BCUT2D eigenvalue weighted by molar-refractivity contribution is -0.146. The van der Waals surface area contributed by atoms with E-state index in [1.807, 2.05) is 0 Å². The minimum Gasteiger partial charge on any atom is -0.468 e. The number of carbonyl (C=O) groups excluding carboxylic acids is 1. The van der Waals surface area contributed by atoms with Crippen LogP contribution in [-0.2, 0) is 14.3 Å². The summed E-state index contributed by atoms with van der Waals surface area (Å²) >= 11 is 0. The van der Waals surface area contributed by atoms with Crippen LogP contribution in [0.2, 0.25) is 0 Å². The number of esters is 1. The van der Waals surface area contributed by atoms with Gasteiger partial charge in [0.2, 0.25) is 0 Å². The predicted molar refractivity (Wildman–Crippen MR) is 79.5 cm³/mol. The third-order valence-electron chi connectivity index (χ3n) is 3.96. The summed E-state index contributed by atoms with van der Waals surface area (Å²) in [5.41, 5.74) is 5.08. The van der Waals surface area contributed by atoms with Crippen LogP contribution < -0.4 is 5.73 Å². The van der Waals surface area contributed by atoms with Gasteiger partial charge in [0.15, 0.2) is 0 Å². The lowest BCUT2D eigenvalue weighted by atomic mass is 9.96. The van der Waals surface area contributed by atoms with Crippen LogP contribution in [0, 0.1) is 5.92 Å². The Morgan fingerprint density at radius 3 is 2.85 bits per heavy atom. The maximum Gasteiger partial charge on any atom is 0.325 e. The Labute approximate surface area is 122 Å². The lowest BCUT2D eigenvalue weighted by Gasteiger charge is -2.27. The molecule has 1 saturated heterocycles. The van der Waals surface area contributed by atoms with Crippen molar-refractivity contribution in [2.24, 2.45) is 11.7 Å². The van der Waals surface area contributed by atoms with Gasteiger partial charge in [-0.05, 0) is 58.5 Å². The Hall–Kier alpha value is -0.650. The highest BCUT2D eigenvalue weighted by atomic mass is 16.5. The third-order valence-corrected chi connectivity index (χ3v) is 3.96. The number of hydrogen-bond acceptors (Lipinski definition) is 5. The molecule has 0 aromatic rings. The summed E-state index contributed by atoms with van der Waals surface area (Å²) in [6.45, 7) is 5.68. The SMILES string of the molecule is COC(=O)C(C)(N)CCCCN(C)CC1CCCOC1. The summed E-state index contributed by atoms with van der Waals surface area (Å²) in [5.74, 6) is 0.341. The Kier molecular flexibility index (Phi) is 7.48. The monoisotopic (exact) mass is 286 g/mol. The van der Waals surface area contributed by atoms with Gasteiger partial charge in [-0.1, -0.05) is 0 Å². The van der Waals surface area contributed by atoms with Gasteiger partial charge in [0.05, 0.1) is 13.7 Å². The van der Waals surface area contributed by atoms with E-state index in [9.17, 15) is 4.79 Å². The molecule has 1 fully saturated rings. The second-order valence-electron chi connectivity index (χ2n) is 6.21. The molecule has 2 N–H and O–H groups in total. The quantitative estimate of drug-likeness (QED) is 0.540. The fourth-order valence-corrected chi connectivity index (χ4v) is 2.69. The maximum atomic E-state index is 11.5. The second kappa shape index (κ2) is 8.60. The number of rotatable bonds is 8. The topological polar surface area (TPSA) is 64.8 Å². The molecule has 5 nitrogen and oxygen atoms in total. The fourth-order valence-electron chi connectivity index (χ4n) is 2.69. The molecule has 5 heteroatoms. The van der Waals surface area contributed by atoms with Crippen molar-refractivity contribution in [2.75, 3.05) is 40.5 Å². The molecule has 1 aliphatic rings. The van der Waals surface area contributed by atoms with E-state index in [-0.39, 0.29) is 5.97 Å². The van der Waals surface area contributed by atoms with Gasteiger partial charge in [-0.2, -0.15) is 0 Å². The van der Waals surface area contributed by atoms with Crippen LogP contribution in [0.15, 0.2) is 0 Å². The number of ether oxygens (including phenoxy) is 2. The highest BCUT2D eigenvalue weighted by molar-refractivity contribution is 5.79. The molecule has 118 valence electrons. The lowest BCUT2D eigenvalue weighted by Crippen LogP contribution is -2.45. The normalized spacial score (nSPS) is 22.6. The summed E-state index contributed by atoms with van der Waals surface area (Å²) in [6.07, 6.45) is 5.11. The molecule has 0 bridgehead atoms. The molecule has 0 aromatic carbocycles. The third kappa shape index (κ3) is 6.20. The zero-order chi connectivity index (χ0) is 15.0. The average molecular weight is 286 g/mol. The molecule has 2 unspecified atom stereocenters. The van der Waals surface area contributed by atoms with E-state index < -0.39 is 5.54 Å². The van der Waals surface area contributed by atoms with Crippen molar-refractivity contribution in [1.29, 1.82) is 0 Å². The highest BCUT2D eigenvalue weighted by Crippen LogP contribution is 2.16. The molecule has 0 aliphatic carbocycles. The summed E-state index contributed by atoms with van der Waals surface area (Å²) in [5, 5.41) is 0. The van der Waals surface area contributed by atoms with E-state index in [1.165, 1.54) is 20.0 Å². The van der Waals surface area contributed by atoms with Gasteiger partial charge in [0.1, 0.15) is 5.54 Å². The standard InChI is InChI=1S/C15H30N2O3/c1-15(16,14(18)19-3)8-4-5-9-17(2)11-13-7-6-10-20-12-13/h13H,4-12,16H2,1-3H3. The van der Waals surface area contributed by atoms with Crippen LogP contribution in [0.4, 0.5) is 0 Å². The molecular weight excluding hydrogens is 256 g/mol. The summed E-state index contributed by atoms with van der Waals surface area (Å²) in [4.78, 5) is 13.8. The van der Waals surface area contributed by atoms with Gasteiger partial charge < -0.3 is 20.1 Å². The molecule has 0 aromatic heterocycles. The fraction of sp³-hybridized carbons (Fsp3) is 0.933. The van der Waals surface area contributed by atoms with Crippen molar-refractivity contribution in [2.45, 2.75) is 44.6 Å². The average Bonchev–Trinajstić information content (AvgIpc) is 2.43. The van der Waals surface area contributed by atoms with E-state index in [0.29, 0.717) is 12.3 Å². The first kappa shape index (κ1) is 17.4. The van der Waals surface area contributed by atoms with Crippen LogP contribution in [0.1, 0.15) is 39.0 Å². The van der Waals surface area contributed by atoms with Gasteiger partial charge in [-0.3, -0.25) is 4.79 Å². The van der Waals surface area contributed by atoms with Gasteiger partial charge in [0, 0.05) is 13.2 Å². The summed E-state index contributed by atoms with van der Waals surface area (Å²) < 4.78 is 10.2. The molecule has 0 radical (unpaired) electrons. The number of nitrogens with zero attached hydrogens (tertiary/aromatic N) is 1. The maximum absolute atomic E-state index is 11.5. The number of methoxy groups -OCH3 is 1. The number of hydrogen-bond donors (Lipinski definition) is 1. The zero-order valence-electron chi connectivity index (χ0n) is 13.2. The Morgan fingerprint density at radius 1 is 1.50 bits per heavy atom. The van der Waals surface area contributed by atoms with Gasteiger partial charge in [-0.25, -0.2) is 0 Å². The molecule has 0 spiro atoms. The van der Waals surface area contributed by atoms with Crippen LogP contribution in [-0.4, -0.2) is 56.9 Å². The Bertz CT molecular complexity index is 289. The Morgan fingerprint density at radius 2 is 2.25 bits per heavy atom. The van der Waals surface area contributed by atoms with Crippen molar-refractivity contribution in [3.8, 4) is 0 Å². The molecule has 1 rings (SSSR count). The minimum absolute atomic E-state index is 0.329. The number of unbranched alkanes of at least 4 members (excludes halogenated alkanes) is 1. The summed E-state index contributed by atoms with van der Waals surface area (Å²) in [6, 6.07) is 0. The molecule has 20 heavy (non-hydrogen) atoms. The molecule has 0 saturated carbocycles. The molecular formula is C15H30N2O3. The van der Waals surface area contributed by atoms with Crippen molar-refractivity contribution in [3.05, 3.63) is 0 Å². The largest absolute Gasteiger partial charge is 0.468 e. The van der Waals surface area contributed by atoms with Crippen LogP contribution in [0.25, 0.3) is 0 Å². The van der Waals surface area contributed by atoms with Gasteiger partial charge in [-0.15, -0.1) is 0 Å². The van der Waals surface area contributed by atoms with Crippen molar-refractivity contribution >= 4 is 5.97 Å². The summed E-state index contributed by atoms with van der Waals surface area (Å²) in [7, 11) is 3.53. The van der Waals surface area contributed by atoms with E-state index in [2.05, 4.69) is 11.9 Å². The number of carbonyl (C=O) groups is 1. The van der Waals surface area contributed by atoms with E-state index in [0.717, 1.165) is 39.1 Å². The van der Waals surface area contributed by atoms with E-state index in [4.69, 9.17) is 15.2 Å². The van der Waals surface area contributed by atoms with Gasteiger partial charge >= 0.3 is 5.97 Å². The van der Waals surface area contributed by atoms with Crippen molar-refractivity contribution in [1.82, 2.24) is 4.90 Å². The molecule has 0 amide bonds. The highest BCUT2D eigenvalue weighted by Gasteiger charge is 2.28. The van der Waals surface area contributed by atoms with Crippen LogP contribution in [0.5, 0.6) is 0 Å². The second-order valence-corrected chi connectivity index (χ2v) is 6.21. The first-order valence-corrected chi connectivity index (χ1v) is 7.59.